The van der Waals surface area contributed by atoms with Crippen molar-refractivity contribution >= 4 is 27.3 Å². The molecule has 15 heavy (non-hydrogen) atoms. The Morgan fingerprint density at radius 2 is 2.33 bits per heavy atom. The van der Waals surface area contributed by atoms with Gasteiger partial charge >= 0.3 is 0 Å². The smallest absolute Gasteiger partial charge is 0.0550 e. The number of thiophene rings is 1. The molecule has 1 heterocycles. The van der Waals surface area contributed by atoms with Crippen molar-refractivity contribution in [3.63, 3.8) is 0 Å². The van der Waals surface area contributed by atoms with Gasteiger partial charge in [-0.3, -0.25) is 0 Å². The van der Waals surface area contributed by atoms with Gasteiger partial charge in [-0.25, -0.2) is 0 Å². The number of halogens is 1. The third kappa shape index (κ3) is 4.20. The first-order chi connectivity index (χ1) is 7.29. The molecule has 0 spiro atoms. The Balaban J connectivity index is 2.39. The van der Waals surface area contributed by atoms with Gasteiger partial charge in [-0.05, 0) is 46.8 Å². The van der Waals surface area contributed by atoms with Crippen molar-refractivity contribution in [2.45, 2.75) is 18.9 Å². The predicted octanol–water partition coefficient (Wildman–Crippen LogP) is 1.87. The molecular formula is C10H17BrN2OS. The van der Waals surface area contributed by atoms with Crippen LogP contribution in [0, 0.1) is 0 Å². The molecule has 86 valence electrons. The summed E-state index contributed by atoms with van der Waals surface area (Å²) in [5.41, 5.74) is 5.72. The van der Waals surface area contributed by atoms with Crippen LogP contribution < -0.4 is 11.1 Å². The molecule has 3 nitrogen and oxygen atoms in total. The van der Waals surface area contributed by atoms with Crippen molar-refractivity contribution in [3.05, 3.63) is 20.8 Å². The fourth-order valence-corrected chi connectivity index (χ4v) is 3.09. The molecule has 0 aliphatic rings. The number of nitrogens with two attached hydrogens (primary N) is 1. The molecule has 5 heteroatoms. The molecule has 0 saturated carbocycles. The standard InChI is InChI=1S/C10H17BrN2OS/c11-8-3-6-15-10(8)9(7-12)13-4-1-2-5-14/h3,6,9,13-14H,1-2,4-5,7,12H2. The zero-order valence-electron chi connectivity index (χ0n) is 8.58. The Morgan fingerprint density at radius 1 is 1.53 bits per heavy atom. The molecule has 4 N–H and O–H groups in total. The SMILES string of the molecule is NCC(NCCCCO)c1sccc1Br. The van der Waals surface area contributed by atoms with Crippen LogP contribution in [0.1, 0.15) is 23.8 Å². The maximum atomic E-state index is 8.66. The summed E-state index contributed by atoms with van der Waals surface area (Å²) in [6.45, 7) is 1.75. The number of aliphatic hydroxyl groups excluding tert-OH is 1. The van der Waals surface area contributed by atoms with Gasteiger partial charge in [0.25, 0.3) is 0 Å². The summed E-state index contributed by atoms with van der Waals surface area (Å²) in [6.07, 6.45) is 1.83. The molecule has 0 aliphatic carbocycles. The second kappa shape index (κ2) is 7.35. The summed E-state index contributed by atoms with van der Waals surface area (Å²) in [5.74, 6) is 0. The lowest BCUT2D eigenvalue weighted by atomic mass is 10.2. The highest BCUT2D eigenvalue weighted by molar-refractivity contribution is 9.10. The van der Waals surface area contributed by atoms with Crippen LogP contribution >= 0.6 is 27.3 Å². The lowest BCUT2D eigenvalue weighted by Gasteiger charge is -2.15. The normalized spacial score (nSPS) is 13.0. The number of nitrogens with one attached hydrogen (secondary N) is 1. The van der Waals surface area contributed by atoms with E-state index in [1.807, 2.05) is 6.07 Å². The van der Waals surface area contributed by atoms with Crippen LogP contribution in [0.4, 0.5) is 0 Å². The molecule has 1 atom stereocenters. The molecule has 0 fully saturated rings. The first-order valence-electron chi connectivity index (χ1n) is 5.06. The van der Waals surface area contributed by atoms with E-state index in [9.17, 15) is 0 Å². The van der Waals surface area contributed by atoms with E-state index in [1.54, 1.807) is 11.3 Å². The highest BCUT2D eigenvalue weighted by Crippen LogP contribution is 2.28. The minimum atomic E-state index is 0.220. The van der Waals surface area contributed by atoms with Crippen molar-refractivity contribution in [3.8, 4) is 0 Å². The molecule has 0 radical (unpaired) electrons. The molecule has 0 saturated heterocycles. The largest absolute Gasteiger partial charge is 0.396 e. The number of rotatable bonds is 7. The number of unbranched alkanes of at least 4 members (excludes halogenated alkanes) is 1. The fourth-order valence-electron chi connectivity index (χ4n) is 1.35. The van der Waals surface area contributed by atoms with E-state index in [0.717, 1.165) is 23.9 Å². The molecule has 0 aliphatic heterocycles. The zero-order chi connectivity index (χ0) is 11.1. The number of hydrogen-bond donors (Lipinski definition) is 3. The van der Waals surface area contributed by atoms with Gasteiger partial charge in [0.15, 0.2) is 0 Å². The highest BCUT2D eigenvalue weighted by atomic mass is 79.9. The summed E-state index contributed by atoms with van der Waals surface area (Å²) in [4.78, 5) is 1.25. The zero-order valence-corrected chi connectivity index (χ0v) is 11.0. The Morgan fingerprint density at radius 3 is 2.87 bits per heavy atom. The van der Waals surface area contributed by atoms with Crippen LogP contribution in [0.5, 0.6) is 0 Å². The van der Waals surface area contributed by atoms with E-state index in [-0.39, 0.29) is 12.6 Å². The van der Waals surface area contributed by atoms with Crippen LogP contribution in [0.25, 0.3) is 0 Å². The molecule has 0 amide bonds. The van der Waals surface area contributed by atoms with Crippen LogP contribution in [-0.2, 0) is 0 Å². The van der Waals surface area contributed by atoms with Gasteiger partial charge in [-0.2, -0.15) is 0 Å². The van der Waals surface area contributed by atoms with Crippen LogP contribution in [0.2, 0.25) is 0 Å². The van der Waals surface area contributed by atoms with Crippen LogP contribution in [0.15, 0.2) is 15.9 Å². The van der Waals surface area contributed by atoms with Crippen molar-refractivity contribution in [2.24, 2.45) is 5.73 Å². The van der Waals surface area contributed by atoms with E-state index in [4.69, 9.17) is 10.8 Å². The molecule has 1 unspecified atom stereocenters. The molecule has 1 aromatic rings. The van der Waals surface area contributed by atoms with Gasteiger partial charge in [0, 0.05) is 22.5 Å². The lowest BCUT2D eigenvalue weighted by molar-refractivity contribution is 0.282. The van der Waals surface area contributed by atoms with E-state index in [1.165, 1.54) is 4.88 Å². The minimum Gasteiger partial charge on any atom is -0.396 e. The predicted molar refractivity (Wildman–Crippen MR) is 68.1 cm³/mol. The third-order valence-corrected chi connectivity index (χ3v) is 4.16. The monoisotopic (exact) mass is 292 g/mol. The summed E-state index contributed by atoms with van der Waals surface area (Å²) >= 11 is 5.21. The van der Waals surface area contributed by atoms with E-state index in [2.05, 4.69) is 26.6 Å². The summed E-state index contributed by atoms with van der Waals surface area (Å²) in [7, 11) is 0. The van der Waals surface area contributed by atoms with Crippen molar-refractivity contribution < 1.29 is 5.11 Å². The minimum absolute atomic E-state index is 0.220. The molecular weight excluding hydrogens is 276 g/mol. The van der Waals surface area contributed by atoms with Gasteiger partial charge in [-0.1, -0.05) is 0 Å². The van der Waals surface area contributed by atoms with Crippen molar-refractivity contribution in [1.29, 1.82) is 0 Å². The molecule has 0 bridgehead atoms. The molecule has 1 rings (SSSR count). The average Bonchev–Trinajstić information content (AvgIpc) is 2.65. The first-order valence-corrected chi connectivity index (χ1v) is 6.74. The second-order valence-corrected chi connectivity index (χ2v) is 5.11. The van der Waals surface area contributed by atoms with E-state index >= 15 is 0 Å². The van der Waals surface area contributed by atoms with Gasteiger partial charge in [0.1, 0.15) is 0 Å². The average molecular weight is 293 g/mol. The lowest BCUT2D eigenvalue weighted by Crippen LogP contribution is -2.28. The maximum absolute atomic E-state index is 8.66. The molecule has 1 aromatic heterocycles. The molecule has 0 aromatic carbocycles. The highest BCUT2D eigenvalue weighted by Gasteiger charge is 2.12. The first kappa shape index (κ1) is 13.1. The summed E-state index contributed by atoms with van der Waals surface area (Å²) in [5, 5.41) is 14.1. The van der Waals surface area contributed by atoms with Crippen molar-refractivity contribution in [2.75, 3.05) is 19.7 Å². The van der Waals surface area contributed by atoms with Gasteiger partial charge in [-0.15, -0.1) is 11.3 Å². The van der Waals surface area contributed by atoms with Gasteiger partial charge < -0.3 is 16.2 Å². The second-order valence-electron chi connectivity index (χ2n) is 3.31. The quantitative estimate of drug-likeness (QED) is 0.673. The number of hydrogen-bond acceptors (Lipinski definition) is 4. The summed E-state index contributed by atoms with van der Waals surface area (Å²) < 4.78 is 1.12. The Hall–Kier alpha value is 0.0600. The Labute approximate surface area is 103 Å². The Kier molecular flexibility index (Phi) is 6.43. The van der Waals surface area contributed by atoms with E-state index < -0.39 is 0 Å². The van der Waals surface area contributed by atoms with E-state index in [0.29, 0.717) is 6.54 Å². The Bertz CT molecular complexity index is 280. The fraction of sp³-hybridized carbons (Fsp3) is 0.600. The van der Waals surface area contributed by atoms with Crippen LogP contribution in [0.3, 0.4) is 0 Å². The van der Waals surface area contributed by atoms with Gasteiger partial charge in [0.05, 0.1) is 6.04 Å². The van der Waals surface area contributed by atoms with Gasteiger partial charge in [0.2, 0.25) is 0 Å². The maximum Gasteiger partial charge on any atom is 0.0550 e. The third-order valence-electron chi connectivity index (χ3n) is 2.17. The van der Waals surface area contributed by atoms with Crippen molar-refractivity contribution in [1.82, 2.24) is 5.32 Å². The summed E-state index contributed by atoms with van der Waals surface area (Å²) in [6, 6.07) is 2.26. The topological polar surface area (TPSA) is 58.3 Å². The van der Waals surface area contributed by atoms with Crippen LogP contribution in [-0.4, -0.2) is 24.8 Å². The number of aliphatic hydroxyl groups is 1.